The highest BCUT2D eigenvalue weighted by atomic mass is 32.1. The summed E-state index contributed by atoms with van der Waals surface area (Å²) in [5.74, 6) is 1.75. The van der Waals surface area contributed by atoms with Gasteiger partial charge in [-0.3, -0.25) is 4.99 Å². The molecule has 0 saturated heterocycles. The quantitative estimate of drug-likeness (QED) is 0.518. The molecule has 0 radical (unpaired) electrons. The number of aliphatic imine (C=N–C) groups is 1. The Balaban J connectivity index is 1.54. The highest BCUT2D eigenvalue weighted by Crippen LogP contribution is 2.16. The van der Waals surface area contributed by atoms with E-state index in [1.54, 1.807) is 18.4 Å². The molecule has 3 aromatic rings. The van der Waals surface area contributed by atoms with Crippen LogP contribution in [0.5, 0.6) is 0 Å². The average Bonchev–Trinajstić information content (AvgIpc) is 3.28. The predicted octanol–water partition coefficient (Wildman–Crippen LogP) is 3.09. The molecule has 2 N–H and O–H groups in total. The molecular formula is C19H24N6S. The number of benzene rings is 1. The van der Waals surface area contributed by atoms with Crippen molar-refractivity contribution in [3.63, 3.8) is 0 Å². The van der Waals surface area contributed by atoms with Gasteiger partial charge >= 0.3 is 0 Å². The number of nitrogens with zero attached hydrogens (tertiary/aromatic N) is 4. The number of H-pyrrole nitrogens is 1. The summed E-state index contributed by atoms with van der Waals surface area (Å²) in [6.07, 6.45) is 2.76. The molecule has 6 nitrogen and oxygen atoms in total. The summed E-state index contributed by atoms with van der Waals surface area (Å²) in [7, 11) is 3.80. The number of aromatic amines is 1. The molecule has 0 unspecified atom stereocenters. The van der Waals surface area contributed by atoms with Gasteiger partial charge in [0.25, 0.3) is 0 Å². The van der Waals surface area contributed by atoms with Gasteiger partial charge in [-0.15, -0.1) is 11.3 Å². The minimum absolute atomic E-state index is 0.655. The Morgan fingerprint density at radius 1 is 1.31 bits per heavy atom. The van der Waals surface area contributed by atoms with Gasteiger partial charge < -0.3 is 15.2 Å². The van der Waals surface area contributed by atoms with E-state index in [-0.39, 0.29) is 0 Å². The van der Waals surface area contributed by atoms with Crippen LogP contribution in [0, 0.1) is 6.92 Å². The SMILES string of the molecule is CN=C(NCCc1csc(C)n1)N(C)Cc1ncc(-c2ccccc2)[nH]1. The maximum Gasteiger partial charge on any atom is 0.193 e. The Morgan fingerprint density at radius 3 is 2.81 bits per heavy atom. The van der Waals surface area contributed by atoms with Crippen LogP contribution in [0.25, 0.3) is 11.3 Å². The van der Waals surface area contributed by atoms with Crippen LogP contribution in [0.15, 0.2) is 46.9 Å². The molecule has 136 valence electrons. The van der Waals surface area contributed by atoms with E-state index >= 15 is 0 Å². The van der Waals surface area contributed by atoms with E-state index in [0.29, 0.717) is 6.54 Å². The Hall–Kier alpha value is -2.67. The molecule has 3 rings (SSSR count). The molecule has 0 bridgehead atoms. The summed E-state index contributed by atoms with van der Waals surface area (Å²) < 4.78 is 0. The molecule has 1 aromatic carbocycles. The average molecular weight is 369 g/mol. The molecule has 0 aliphatic rings. The first-order valence-electron chi connectivity index (χ1n) is 8.58. The highest BCUT2D eigenvalue weighted by molar-refractivity contribution is 7.09. The van der Waals surface area contributed by atoms with E-state index in [1.165, 1.54) is 0 Å². The van der Waals surface area contributed by atoms with Crippen molar-refractivity contribution in [2.75, 3.05) is 20.6 Å². The van der Waals surface area contributed by atoms with Gasteiger partial charge in [-0.1, -0.05) is 30.3 Å². The maximum atomic E-state index is 4.49. The van der Waals surface area contributed by atoms with Crippen LogP contribution in [0.4, 0.5) is 0 Å². The van der Waals surface area contributed by atoms with Gasteiger partial charge in [-0.2, -0.15) is 0 Å². The first kappa shape index (κ1) is 18.1. The fraction of sp³-hybridized carbons (Fsp3) is 0.316. The first-order chi connectivity index (χ1) is 12.7. The van der Waals surface area contributed by atoms with Crippen molar-refractivity contribution < 1.29 is 0 Å². The summed E-state index contributed by atoms with van der Waals surface area (Å²) in [5, 5.41) is 6.60. The Morgan fingerprint density at radius 2 is 2.12 bits per heavy atom. The Bertz CT molecular complexity index is 852. The van der Waals surface area contributed by atoms with Gasteiger partial charge in [0.15, 0.2) is 5.96 Å². The van der Waals surface area contributed by atoms with Crippen molar-refractivity contribution in [2.45, 2.75) is 19.9 Å². The van der Waals surface area contributed by atoms with E-state index in [0.717, 1.165) is 46.7 Å². The van der Waals surface area contributed by atoms with Crippen LogP contribution in [-0.2, 0) is 13.0 Å². The topological polar surface area (TPSA) is 69.2 Å². The zero-order valence-corrected chi connectivity index (χ0v) is 16.2. The fourth-order valence-electron chi connectivity index (χ4n) is 2.72. The van der Waals surface area contributed by atoms with Gasteiger partial charge in [0, 0.05) is 32.4 Å². The van der Waals surface area contributed by atoms with E-state index in [2.05, 4.69) is 47.7 Å². The van der Waals surface area contributed by atoms with Crippen molar-refractivity contribution in [1.82, 2.24) is 25.2 Å². The lowest BCUT2D eigenvalue weighted by Gasteiger charge is -2.20. The smallest absolute Gasteiger partial charge is 0.193 e. The number of nitrogens with one attached hydrogen (secondary N) is 2. The lowest BCUT2D eigenvalue weighted by Crippen LogP contribution is -2.39. The third-order valence-electron chi connectivity index (χ3n) is 4.00. The van der Waals surface area contributed by atoms with Crippen LogP contribution in [0.1, 0.15) is 16.5 Å². The number of hydrogen-bond donors (Lipinski definition) is 2. The summed E-state index contributed by atoms with van der Waals surface area (Å²) in [6.45, 7) is 3.48. The van der Waals surface area contributed by atoms with Crippen LogP contribution < -0.4 is 5.32 Å². The summed E-state index contributed by atoms with van der Waals surface area (Å²) in [5.41, 5.74) is 3.28. The maximum absolute atomic E-state index is 4.49. The van der Waals surface area contributed by atoms with Gasteiger partial charge in [0.2, 0.25) is 0 Å². The molecule has 0 aliphatic heterocycles. The first-order valence-corrected chi connectivity index (χ1v) is 9.46. The van der Waals surface area contributed by atoms with E-state index in [9.17, 15) is 0 Å². The van der Waals surface area contributed by atoms with Crippen LogP contribution >= 0.6 is 11.3 Å². The fourth-order valence-corrected chi connectivity index (χ4v) is 3.36. The number of imidazole rings is 1. The summed E-state index contributed by atoms with van der Waals surface area (Å²) in [6, 6.07) is 10.2. The molecule has 0 amide bonds. The van der Waals surface area contributed by atoms with Gasteiger partial charge in [0.1, 0.15) is 5.82 Å². The lowest BCUT2D eigenvalue weighted by atomic mass is 10.2. The Labute approximate surface area is 158 Å². The van der Waals surface area contributed by atoms with Crippen LogP contribution in [0.2, 0.25) is 0 Å². The zero-order valence-electron chi connectivity index (χ0n) is 15.4. The monoisotopic (exact) mass is 368 g/mol. The van der Waals surface area contributed by atoms with Gasteiger partial charge in [-0.05, 0) is 12.5 Å². The minimum atomic E-state index is 0.655. The second-order valence-electron chi connectivity index (χ2n) is 6.05. The molecule has 0 atom stereocenters. The number of thiazole rings is 1. The second kappa shape index (κ2) is 8.62. The van der Waals surface area contributed by atoms with Crippen LogP contribution in [-0.4, -0.2) is 46.5 Å². The second-order valence-corrected chi connectivity index (χ2v) is 7.11. The van der Waals surface area contributed by atoms with Crippen molar-refractivity contribution in [3.8, 4) is 11.3 Å². The van der Waals surface area contributed by atoms with Crippen molar-refractivity contribution in [2.24, 2.45) is 4.99 Å². The number of hydrogen-bond acceptors (Lipinski definition) is 4. The molecule has 2 heterocycles. The van der Waals surface area contributed by atoms with E-state index in [1.807, 2.05) is 38.4 Å². The normalized spacial score (nSPS) is 11.6. The van der Waals surface area contributed by atoms with E-state index in [4.69, 9.17) is 0 Å². The third kappa shape index (κ3) is 4.70. The molecule has 0 saturated carbocycles. The van der Waals surface area contributed by atoms with E-state index < -0.39 is 0 Å². The van der Waals surface area contributed by atoms with Gasteiger partial charge in [-0.25, -0.2) is 9.97 Å². The Kier molecular flexibility index (Phi) is 6.01. The number of aryl methyl sites for hydroxylation is 1. The molecule has 2 aromatic heterocycles. The highest BCUT2D eigenvalue weighted by Gasteiger charge is 2.10. The van der Waals surface area contributed by atoms with Gasteiger partial charge in [0.05, 0.1) is 29.1 Å². The molecular weight excluding hydrogens is 344 g/mol. The van der Waals surface area contributed by atoms with Crippen molar-refractivity contribution >= 4 is 17.3 Å². The lowest BCUT2D eigenvalue weighted by molar-refractivity contribution is 0.464. The predicted molar refractivity (Wildman–Crippen MR) is 107 cm³/mol. The van der Waals surface area contributed by atoms with Crippen molar-refractivity contribution in [1.29, 1.82) is 0 Å². The number of rotatable bonds is 6. The third-order valence-corrected chi connectivity index (χ3v) is 4.83. The number of guanidine groups is 1. The largest absolute Gasteiger partial charge is 0.356 e. The summed E-state index contributed by atoms with van der Waals surface area (Å²) in [4.78, 5) is 18.8. The molecule has 0 aliphatic carbocycles. The summed E-state index contributed by atoms with van der Waals surface area (Å²) >= 11 is 1.69. The zero-order chi connectivity index (χ0) is 18.4. The molecule has 0 spiro atoms. The number of aromatic nitrogens is 3. The molecule has 0 fully saturated rings. The molecule has 26 heavy (non-hydrogen) atoms. The van der Waals surface area contributed by atoms with Crippen molar-refractivity contribution in [3.05, 3.63) is 58.4 Å². The minimum Gasteiger partial charge on any atom is -0.356 e. The standard InChI is InChI=1S/C19H24N6S/c1-14-23-16(13-26-14)9-10-21-19(20-2)25(3)12-18-22-11-17(24-18)15-7-5-4-6-8-15/h4-8,11,13H,9-10,12H2,1-3H3,(H,20,21)(H,22,24). The van der Waals surface area contributed by atoms with Crippen LogP contribution in [0.3, 0.4) is 0 Å². The molecule has 7 heteroatoms.